The molecule has 0 bridgehead atoms. The number of hydrazine groups is 1. The van der Waals surface area contributed by atoms with Crippen LogP contribution in [-0.4, -0.2) is 9.97 Å². The normalized spacial score (nSPS) is 10.0. The molecule has 0 aliphatic rings. The van der Waals surface area contributed by atoms with E-state index in [4.69, 9.17) is 22.2 Å². The largest absolute Gasteiger partial charge is 0.473 e. The van der Waals surface area contributed by atoms with Gasteiger partial charge in [-0.1, -0.05) is 23.7 Å². The van der Waals surface area contributed by atoms with Gasteiger partial charge in [0.25, 0.3) is 0 Å². The van der Waals surface area contributed by atoms with Crippen LogP contribution in [0.3, 0.4) is 0 Å². The van der Waals surface area contributed by atoms with Gasteiger partial charge < -0.3 is 10.2 Å². The van der Waals surface area contributed by atoms with Gasteiger partial charge in [0.2, 0.25) is 5.88 Å². The number of benzene rings is 1. The molecule has 3 N–H and O–H groups in total. The van der Waals surface area contributed by atoms with Gasteiger partial charge in [0.15, 0.2) is 0 Å². The van der Waals surface area contributed by atoms with Crippen LogP contribution in [0.1, 0.15) is 5.56 Å². The van der Waals surface area contributed by atoms with E-state index in [1.54, 1.807) is 6.07 Å². The molecule has 2 aromatic rings. The summed E-state index contributed by atoms with van der Waals surface area (Å²) in [4.78, 5) is 7.84. The zero-order valence-electron chi connectivity index (χ0n) is 8.93. The lowest BCUT2D eigenvalue weighted by Gasteiger charge is -2.06. The molecule has 88 valence electrons. The fourth-order valence-corrected chi connectivity index (χ4v) is 1.36. The number of nitrogens with one attached hydrogen (secondary N) is 1. The lowest BCUT2D eigenvalue weighted by atomic mass is 10.2. The molecule has 0 spiro atoms. The monoisotopic (exact) mass is 250 g/mol. The highest BCUT2D eigenvalue weighted by Crippen LogP contribution is 2.14. The predicted molar refractivity (Wildman–Crippen MR) is 65.6 cm³/mol. The van der Waals surface area contributed by atoms with E-state index in [1.165, 1.54) is 6.33 Å². The van der Waals surface area contributed by atoms with Crippen molar-refractivity contribution in [2.75, 3.05) is 5.43 Å². The van der Waals surface area contributed by atoms with Gasteiger partial charge in [-0.25, -0.2) is 15.8 Å². The summed E-state index contributed by atoms with van der Waals surface area (Å²) in [5, 5.41) is 0.699. The number of aromatic nitrogens is 2. The van der Waals surface area contributed by atoms with Gasteiger partial charge in [-0.2, -0.15) is 0 Å². The number of nitrogen functional groups attached to an aromatic ring is 1. The smallest absolute Gasteiger partial charge is 0.218 e. The molecule has 6 heteroatoms. The zero-order chi connectivity index (χ0) is 12.1. The summed E-state index contributed by atoms with van der Waals surface area (Å²) < 4.78 is 5.48. The highest BCUT2D eigenvalue weighted by molar-refractivity contribution is 6.30. The molecule has 0 atom stereocenters. The van der Waals surface area contributed by atoms with Crippen LogP contribution >= 0.6 is 11.6 Å². The van der Waals surface area contributed by atoms with E-state index >= 15 is 0 Å². The number of hydrogen-bond donors (Lipinski definition) is 2. The molecule has 0 unspecified atom stereocenters. The van der Waals surface area contributed by atoms with Crippen molar-refractivity contribution >= 4 is 17.4 Å². The van der Waals surface area contributed by atoms with Crippen molar-refractivity contribution in [1.29, 1.82) is 0 Å². The molecule has 5 nitrogen and oxygen atoms in total. The molecule has 2 rings (SSSR count). The van der Waals surface area contributed by atoms with Crippen molar-refractivity contribution in [1.82, 2.24) is 9.97 Å². The fraction of sp³-hybridized carbons (Fsp3) is 0.0909. The van der Waals surface area contributed by atoms with E-state index < -0.39 is 0 Å². The molecule has 0 saturated carbocycles. The number of nitrogens with two attached hydrogens (primary N) is 1. The van der Waals surface area contributed by atoms with Crippen LogP contribution < -0.4 is 16.0 Å². The SMILES string of the molecule is NNc1cc(OCc2ccc(Cl)cc2)ncn1. The Morgan fingerprint density at radius 1 is 1.24 bits per heavy atom. The summed E-state index contributed by atoms with van der Waals surface area (Å²) in [6, 6.07) is 9.04. The van der Waals surface area contributed by atoms with Crippen molar-refractivity contribution < 1.29 is 4.74 Å². The van der Waals surface area contributed by atoms with Crippen LogP contribution in [0.2, 0.25) is 5.02 Å². The van der Waals surface area contributed by atoms with Crippen LogP contribution in [0.4, 0.5) is 5.82 Å². The van der Waals surface area contributed by atoms with Crippen molar-refractivity contribution in [2.24, 2.45) is 5.84 Å². The number of halogens is 1. The topological polar surface area (TPSA) is 73.1 Å². The predicted octanol–water partition coefficient (Wildman–Crippen LogP) is 1.99. The van der Waals surface area contributed by atoms with Crippen LogP contribution in [0.25, 0.3) is 0 Å². The standard InChI is InChI=1S/C11H11ClN4O/c12-9-3-1-8(2-4-9)6-17-11-5-10(16-13)14-7-15-11/h1-5,7H,6,13H2,(H,14,15,16). The molecule has 0 aliphatic carbocycles. The van der Waals surface area contributed by atoms with Crippen molar-refractivity contribution in [3.63, 3.8) is 0 Å². The Morgan fingerprint density at radius 2 is 2.00 bits per heavy atom. The average Bonchev–Trinajstić information content (AvgIpc) is 2.38. The molecular weight excluding hydrogens is 240 g/mol. The minimum absolute atomic E-state index is 0.415. The Kier molecular flexibility index (Phi) is 3.74. The maximum Gasteiger partial charge on any atom is 0.218 e. The summed E-state index contributed by atoms with van der Waals surface area (Å²) in [6.07, 6.45) is 1.38. The van der Waals surface area contributed by atoms with Gasteiger partial charge in [-0.05, 0) is 17.7 Å². The molecule has 0 fully saturated rings. The maximum absolute atomic E-state index is 5.78. The Morgan fingerprint density at radius 3 is 2.71 bits per heavy atom. The molecule has 17 heavy (non-hydrogen) atoms. The van der Waals surface area contributed by atoms with Gasteiger partial charge in [0.1, 0.15) is 18.8 Å². The summed E-state index contributed by atoms with van der Waals surface area (Å²) in [7, 11) is 0. The summed E-state index contributed by atoms with van der Waals surface area (Å²) in [5.41, 5.74) is 3.43. The van der Waals surface area contributed by atoms with E-state index in [1.807, 2.05) is 24.3 Å². The zero-order valence-corrected chi connectivity index (χ0v) is 9.69. The lowest BCUT2D eigenvalue weighted by Crippen LogP contribution is -2.09. The minimum atomic E-state index is 0.415. The number of rotatable bonds is 4. The van der Waals surface area contributed by atoms with Gasteiger partial charge in [0, 0.05) is 11.1 Å². The van der Waals surface area contributed by atoms with Crippen molar-refractivity contribution in [3.05, 3.63) is 47.2 Å². The van der Waals surface area contributed by atoms with E-state index in [2.05, 4.69) is 15.4 Å². The second-order valence-corrected chi connectivity index (χ2v) is 3.74. The van der Waals surface area contributed by atoms with Crippen molar-refractivity contribution in [2.45, 2.75) is 6.61 Å². The van der Waals surface area contributed by atoms with E-state index in [-0.39, 0.29) is 0 Å². The van der Waals surface area contributed by atoms with Gasteiger partial charge >= 0.3 is 0 Å². The Hall–Kier alpha value is -1.85. The van der Waals surface area contributed by atoms with E-state index in [0.29, 0.717) is 23.3 Å². The molecule has 0 radical (unpaired) electrons. The summed E-state index contributed by atoms with van der Waals surface area (Å²) in [6.45, 7) is 0.415. The third-order valence-electron chi connectivity index (χ3n) is 2.09. The fourth-order valence-electron chi connectivity index (χ4n) is 1.24. The van der Waals surface area contributed by atoms with Crippen molar-refractivity contribution in [3.8, 4) is 5.88 Å². The summed E-state index contributed by atoms with van der Waals surface area (Å²) >= 11 is 5.78. The van der Waals surface area contributed by atoms with Gasteiger partial charge in [-0.3, -0.25) is 0 Å². The first kappa shape index (κ1) is 11.6. The highest BCUT2D eigenvalue weighted by Gasteiger charge is 1.99. The average molecular weight is 251 g/mol. The third kappa shape index (κ3) is 3.30. The second-order valence-electron chi connectivity index (χ2n) is 3.30. The number of anilines is 1. The second kappa shape index (κ2) is 5.47. The molecule has 0 amide bonds. The third-order valence-corrected chi connectivity index (χ3v) is 2.34. The van der Waals surface area contributed by atoms with Crippen LogP contribution in [0.5, 0.6) is 5.88 Å². The number of hydrogen-bond acceptors (Lipinski definition) is 5. The van der Waals surface area contributed by atoms with E-state index in [0.717, 1.165) is 5.56 Å². The number of nitrogens with zero attached hydrogens (tertiary/aromatic N) is 2. The quantitative estimate of drug-likeness (QED) is 0.641. The van der Waals surface area contributed by atoms with E-state index in [9.17, 15) is 0 Å². The Balaban J connectivity index is 1.99. The first-order valence-electron chi connectivity index (χ1n) is 4.94. The maximum atomic E-state index is 5.78. The molecule has 1 aromatic carbocycles. The van der Waals surface area contributed by atoms with Gasteiger partial charge in [-0.15, -0.1) is 0 Å². The summed E-state index contributed by atoms with van der Waals surface area (Å²) in [5.74, 6) is 6.20. The molecule has 1 aromatic heterocycles. The number of ether oxygens (including phenoxy) is 1. The van der Waals surface area contributed by atoms with Crippen LogP contribution in [0, 0.1) is 0 Å². The Bertz CT molecular complexity index is 489. The lowest BCUT2D eigenvalue weighted by molar-refractivity contribution is 0.293. The molecule has 0 aliphatic heterocycles. The molecular formula is C11H11ClN4O. The first-order valence-corrected chi connectivity index (χ1v) is 5.31. The molecule has 1 heterocycles. The van der Waals surface area contributed by atoms with Gasteiger partial charge in [0.05, 0.1) is 0 Å². The first-order chi connectivity index (χ1) is 8.28. The van der Waals surface area contributed by atoms with Crippen LogP contribution in [-0.2, 0) is 6.61 Å². The highest BCUT2D eigenvalue weighted by atomic mass is 35.5. The molecule has 0 saturated heterocycles. The minimum Gasteiger partial charge on any atom is -0.473 e. The Labute approximate surface area is 104 Å². The van der Waals surface area contributed by atoms with Crippen LogP contribution in [0.15, 0.2) is 36.7 Å².